The lowest BCUT2D eigenvalue weighted by Gasteiger charge is -2.36. The first-order valence-corrected chi connectivity index (χ1v) is 15.5. The Labute approximate surface area is 258 Å². The van der Waals surface area contributed by atoms with Gasteiger partial charge in [-0.1, -0.05) is 48.0 Å². The van der Waals surface area contributed by atoms with Gasteiger partial charge in [-0.2, -0.15) is 0 Å². The number of benzene rings is 3. The molecule has 3 aromatic rings. The average molecular weight is 594 g/mol. The van der Waals surface area contributed by atoms with E-state index in [0.717, 1.165) is 30.0 Å². The Morgan fingerprint density at radius 2 is 1.36 bits per heavy atom. The molecule has 0 saturated carbocycles. The van der Waals surface area contributed by atoms with Crippen molar-refractivity contribution in [2.45, 2.75) is 26.2 Å². The maximum atomic E-state index is 13.5. The van der Waals surface area contributed by atoms with Crippen LogP contribution in [0.15, 0.2) is 78.9 Å². The van der Waals surface area contributed by atoms with Gasteiger partial charge in [-0.05, 0) is 56.2 Å². The van der Waals surface area contributed by atoms with Crippen LogP contribution >= 0.6 is 0 Å². The minimum atomic E-state index is -0.373. The van der Waals surface area contributed by atoms with Gasteiger partial charge in [0.2, 0.25) is 17.7 Å². The number of nitrogens with zero attached hydrogens (tertiary/aromatic N) is 4. The van der Waals surface area contributed by atoms with E-state index in [9.17, 15) is 19.2 Å². The van der Waals surface area contributed by atoms with E-state index in [2.05, 4.69) is 22.3 Å². The highest BCUT2D eigenvalue weighted by atomic mass is 16.2. The SMILES string of the molecule is Cc1ccc(N2CC(C(=O)N3CCC(C(=O)Nc4ccccc4C(=O)N4CCN(c5ccccc5)CC4)CC3)CC2=O)cc1. The van der Waals surface area contributed by atoms with Gasteiger partial charge in [0.15, 0.2) is 0 Å². The van der Waals surface area contributed by atoms with Crippen molar-refractivity contribution in [3.05, 3.63) is 90.0 Å². The van der Waals surface area contributed by atoms with Crippen molar-refractivity contribution in [1.29, 1.82) is 0 Å². The number of piperazine rings is 1. The van der Waals surface area contributed by atoms with Crippen LogP contribution < -0.4 is 15.1 Å². The molecule has 9 heteroatoms. The largest absolute Gasteiger partial charge is 0.368 e. The van der Waals surface area contributed by atoms with Gasteiger partial charge in [-0.3, -0.25) is 19.2 Å². The summed E-state index contributed by atoms with van der Waals surface area (Å²) < 4.78 is 0. The molecule has 6 rings (SSSR count). The topological polar surface area (TPSA) is 93.3 Å². The first kappa shape index (κ1) is 29.4. The number of nitrogens with one attached hydrogen (secondary N) is 1. The normalized spacial score (nSPS) is 19.3. The molecule has 3 aliphatic rings. The molecule has 3 aliphatic heterocycles. The molecule has 1 unspecified atom stereocenters. The Kier molecular flexibility index (Phi) is 8.63. The molecule has 44 heavy (non-hydrogen) atoms. The standard InChI is InChI=1S/C35H39N5O4/c1-25-11-13-29(14-12-25)40-24-27(23-32(40)41)34(43)38-17-15-26(16-18-38)33(42)36-31-10-6-5-9-30(31)35(44)39-21-19-37(20-22-39)28-7-3-2-4-8-28/h2-14,26-27H,15-24H2,1H3,(H,36,42). The van der Waals surface area contributed by atoms with Crippen molar-refractivity contribution in [3.63, 3.8) is 0 Å². The number of carbonyl (C=O) groups is 4. The Balaban J connectivity index is 1.01. The molecule has 3 saturated heterocycles. The molecule has 0 aromatic heterocycles. The molecule has 9 nitrogen and oxygen atoms in total. The van der Waals surface area contributed by atoms with E-state index in [1.807, 2.05) is 66.4 Å². The number of para-hydroxylation sites is 2. The van der Waals surface area contributed by atoms with Crippen LogP contribution in [0.25, 0.3) is 0 Å². The summed E-state index contributed by atoms with van der Waals surface area (Å²) in [6.45, 7) is 6.04. The zero-order chi connectivity index (χ0) is 30.6. The molecule has 0 aliphatic carbocycles. The van der Waals surface area contributed by atoms with Gasteiger partial charge >= 0.3 is 0 Å². The maximum absolute atomic E-state index is 13.5. The maximum Gasteiger partial charge on any atom is 0.256 e. The van der Waals surface area contributed by atoms with Gasteiger partial charge in [0.25, 0.3) is 5.91 Å². The molecule has 0 spiro atoms. The van der Waals surface area contributed by atoms with Gasteiger partial charge in [-0.15, -0.1) is 0 Å². The number of anilines is 3. The Bertz CT molecular complexity index is 1510. The molecule has 228 valence electrons. The number of hydrogen-bond donors (Lipinski definition) is 1. The number of hydrogen-bond acceptors (Lipinski definition) is 5. The lowest BCUT2D eigenvalue weighted by molar-refractivity contribution is -0.138. The lowest BCUT2D eigenvalue weighted by atomic mass is 9.94. The van der Waals surface area contributed by atoms with Crippen LogP contribution in [0.4, 0.5) is 17.1 Å². The second kappa shape index (κ2) is 12.9. The fraction of sp³-hybridized carbons (Fsp3) is 0.371. The van der Waals surface area contributed by atoms with Gasteiger partial charge in [0.1, 0.15) is 0 Å². The molecule has 0 bridgehead atoms. The third-order valence-electron chi connectivity index (χ3n) is 9.10. The van der Waals surface area contributed by atoms with Crippen molar-refractivity contribution in [2.75, 3.05) is 60.9 Å². The van der Waals surface area contributed by atoms with Gasteiger partial charge < -0.3 is 24.9 Å². The second-order valence-corrected chi connectivity index (χ2v) is 12.0. The van der Waals surface area contributed by atoms with Crippen LogP contribution in [0.3, 0.4) is 0 Å². The molecule has 1 atom stereocenters. The number of rotatable bonds is 6. The summed E-state index contributed by atoms with van der Waals surface area (Å²) >= 11 is 0. The van der Waals surface area contributed by atoms with E-state index in [4.69, 9.17) is 0 Å². The lowest BCUT2D eigenvalue weighted by Crippen LogP contribution is -2.49. The zero-order valence-corrected chi connectivity index (χ0v) is 25.2. The van der Waals surface area contributed by atoms with Crippen molar-refractivity contribution in [1.82, 2.24) is 9.80 Å². The smallest absolute Gasteiger partial charge is 0.256 e. The van der Waals surface area contributed by atoms with E-state index in [1.165, 1.54) is 0 Å². The predicted molar refractivity (Wildman–Crippen MR) is 171 cm³/mol. The summed E-state index contributed by atoms with van der Waals surface area (Å²) in [5, 5.41) is 3.02. The molecular formula is C35H39N5O4. The Morgan fingerprint density at radius 1 is 0.705 bits per heavy atom. The number of amides is 4. The quantitative estimate of drug-likeness (QED) is 0.463. The van der Waals surface area contributed by atoms with Crippen LogP contribution in [0, 0.1) is 18.8 Å². The van der Waals surface area contributed by atoms with Gasteiger partial charge in [0, 0.05) is 69.5 Å². The summed E-state index contributed by atoms with van der Waals surface area (Å²) in [5.74, 6) is -0.900. The summed E-state index contributed by atoms with van der Waals surface area (Å²) in [6, 6.07) is 25.2. The minimum Gasteiger partial charge on any atom is -0.368 e. The van der Waals surface area contributed by atoms with Crippen LogP contribution in [0.1, 0.15) is 35.2 Å². The van der Waals surface area contributed by atoms with Gasteiger partial charge in [-0.25, -0.2) is 0 Å². The van der Waals surface area contributed by atoms with Crippen LogP contribution in [0.2, 0.25) is 0 Å². The number of piperidine rings is 1. The highest BCUT2D eigenvalue weighted by Crippen LogP contribution is 2.29. The zero-order valence-electron chi connectivity index (χ0n) is 25.2. The summed E-state index contributed by atoms with van der Waals surface area (Å²) in [5.41, 5.74) is 4.10. The predicted octanol–water partition coefficient (Wildman–Crippen LogP) is 4.19. The van der Waals surface area contributed by atoms with Crippen LogP contribution in [-0.2, 0) is 14.4 Å². The van der Waals surface area contributed by atoms with E-state index >= 15 is 0 Å². The fourth-order valence-corrected chi connectivity index (χ4v) is 6.46. The Morgan fingerprint density at radius 3 is 2.07 bits per heavy atom. The summed E-state index contributed by atoms with van der Waals surface area (Å²) in [7, 11) is 0. The molecule has 3 fully saturated rings. The second-order valence-electron chi connectivity index (χ2n) is 12.0. The van der Waals surface area contributed by atoms with Gasteiger partial charge in [0.05, 0.1) is 17.2 Å². The highest BCUT2D eigenvalue weighted by molar-refractivity contribution is 6.04. The molecule has 4 amide bonds. The minimum absolute atomic E-state index is 0.0184. The highest BCUT2D eigenvalue weighted by Gasteiger charge is 2.39. The van der Waals surface area contributed by atoms with Crippen molar-refractivity contribution in [3.8, 4) is 0 Å². The molecule has 0 radical (unpaired) electrons. The van der Waals surface area contributed by atoms with Crippen molar-refractivity contribution < 1.29 is 19.2 Å². The third kappa shape index (κ3) is 6.32. The van der Waals surface area contributed by atoms with Crippen molar-refractivity contribution >= 4 is 40.7 Å². The van der Waals surface area contributed by atoms with E-state index in [1.54, 1.807) is 21.9 Å². The number of carbonyl (C=O) groups excluding carboxylic acids is 4. The Hall–Kier alpha value is -4.66. The van der Waals surface area contributed by atoms with E-state index < -0.39 is 0 Å². The fourth-order valence-electron chi connectivity index (χ4n) is 6.46. The van der Waals surface area contributed by atoms with E-state index in [0.29, 0.717) is 56.8 Å². The van der Waals surface area contributed by atoms with Crippen molar-refractivity contribution in [2.24, 2.45) is 11.8 Å². The third-order valence-corrected chi connectivity index (χ3v) is 9.10. The molecular weight excluding hydrogens is 554 g/mol. The van der Waals surface area contributed by atoms with Crippen LogP contribution in [-0.4, -0.2) is 79.2 Å². The molecule has 3 heterocycles. The first-order valence-electron chi connectivity index (χ1n) is 15.5. The number of aryl methyl sites for hydroxylation is 1. The monoisotopic (exact) mass is 593 g/mol. The first-order chi connectivity index (χ1) is 21.4. The average Bonchev–Trinajstić information content (AvgIpc) is 3.46. The van der Waals surface area contributed by atoms with E-state index in [-0.39, 0.29) is 41.9 Å². The summed E-state index contributed by atoms with van der Waals surface area (Å²) in [6.07, 6.45) is 1.29. The number of likely N-dealkylation sites (tertiary alicyclic amines) is 1. The summed E-state index contributed by atoms with van der Waals surface area (Å²) in [4.78, 5) is 60.5. The van der Waals surface area contributed by atoms with Crippen LogP contribution in [0.5, 0.6) is 0 Å². The molecule has 3 aromatic carbocycles. The molecule has 1 N–H and O–H groups in total.